The predicted octanol–water partition coefficient (Wildman–Crippen LogP) is 2.64. The topological polar surface area (TPSA) is 106 Å². The van der Waals surface area contributed by atoms with E-state index in [1.54, 1.807) is 9.47 Å². The van der Waals surface area contributed by atoms with E-state index in [9.17, 15) is 4.79 Å². The van der Waals surface area contributed by atoms with Crippen molar-refractivity contribution in [3.05, 3.63) is 40.4 Å². The summed E-state index contributed by atoms with van der Waals surface area (Å²) in [6.07, 6.45) is 0. The maximum atomic E-state index is 13.3. The van der Waals surface area contributed by atoms with Crippen LogP contribution in [0.2, 0.25) is 0 Å². The van der Waals surface area contributed by atoms with Crippen LogP contribution in [-0.4, -0.2) is 62.1 Å². The fourth-order valence-corrected chi connectivity index (χ4v) is 4.48. The van der Waals surface area contributed by atoms with Gasteiger partial charge in [0.05, 0.1) is 16.7 Å². The molecule has 0 aliphatic heterocycles. The zero-order chi connectivity index (χ0) is 23.4. The van der Waals surface area contributed by atoms with E-state index >= 15 is 0 Å². The van der Waals surface area contributed by atoms with Crippen LogP contribution in [0.1, 0.15) is 33.5 Å². The molecule has 32 heavy (non-hydrogen) atoms. The highest BCUT2D eigenvalue weighted by molar-refractivity contribution is 7.98. The molecule has 172 valence electrons. The Morgan fingerprint density at radius 2 is 1.72 bits per heavy atom. The van der Waals surface area contributed by atoms with Crippen molar-refractivity contribution in [2.75, 3.05) is 31.3 Å². The number of benzene rings is 1. The lowest BCUT2D eigenvalue weighted by molar-refractivity contribution is 0.166. The van der Waals surface area contributed by atoms with Gasteiger partial charge in [0.1, 0.15) is 5.82 Å². The van der Waals surface area contributed by atoms with Crippen molar-refractivity contribution >= 4 is 34.6 Å². The van der Waals surface area contributed by atoms with Gasteiger partial charge in [-0.15, -0.1) is 0 Å². The average molecular weight is 457 g/mol. The number of thioether (sulfide) groups is 1. The van der Waals surface area contributed by atoms with Gasteiger partial charge in [0, 0.05) is 39.3 Å². The van der Waals surface area contributed by atoms with Gasteiger partial charge in [0.15, 0.2) is 5.16 Å². The van der Waals surface area contributed by atoms with Crippen LogP contribution in [0.4, 0.5) is 11.9 Å². The molecule has 3 rings (SSSR count). The summed E-state index contributed by atoms with van der Waals surface area (Å²) >= 11 is 1.43. The van der Waals surface area contributed by atoms with Gasteiger partial charge >= 0.3 is 0 Å². The predicted molar refractivity (Wildman–Crippen MR) is 131 cm³/mol. The molecule has 10 heteroatoms. The molecule has 0 atom stereocenters. The first kappa shape index (κ1) is 23.9. The Balaban J connectivity index is 1.94. The fourth-order valence-electron chi connectivity index (χ4n) is 3.60. The maximum Gasteiger partial charge on any atom is 0.262 e. The summed E-state index contributed by atoms with van der Waals surface area (Å²) in [4.78, 5) is 35.1. The van der Waals surface area contributed by atoms with E-state index in [4.69, 9.17) is 10.7 Å². The van der Waals surface area contributed by atoms with E-state index in [0.717, 1.165) is 6.54 Å². The second-order valence-electron chi connectivity index (χ2n) is 8.39. The number of nitrogens with two attached hydrogens (primary N) is 1. The third-order valence-electron chi connectivity index (χ3n) is 5.15. The zero-order valence-corrected chi connectivity index (χ0v) is 20.4. The third-order valence-corrected chi connectivity index (χ3v) is 6.12. The highest BCUT2D eigenvalue weighted by Gasteiger charge is 2.17. The minimum atomic E-state index is -0.0327. The fraction of sp³-hybridized carbons (Fsp3) is 0.500. The van der Waals surface area contributed by atoms with Crippen LogP contribution in [0.25, 0.3) is 10.9 Å². The summed E-state index contributed by atoms with van der Waals surface area (Å²) in [5.74, 6) is 1.65. The molecule has 0 amide bonds. The van der Waals surface area contributed by atoms with E-state index < -0.39 is 0 Å². The molecule has 0 aliphatic rings. The summed E-state index contributed by atoms with van der Waals surface area (Å²) < 4.78 is 1.77. The molecule has 2 heterocycles. The summed E-state index contributed by atoms with van der Waals surface area (Å²) in [7, 11) is 3.70. The molecule has 0 radical (unpaired) electrons. The molecule has 2 aromatic heterocycles. The summed E-state index contributed by atoms with van der Waals surface area (Å²) in [5, 5.41) is 1.27. The van der Waals surface area contributed by atoms with Crippen molar-refractivity contribution < 1.29 is 0 Å². The standard InChI is InChI=1S/C22H32N8OS/c1-14(2)29(15(3)4)11-12-30-19(31)16-9-7-8-10-17(16)24-22(30)32-13-18-25-20(23)27-21(26-18)28(5)6/h7-10,14-15H,11-13H2,1-6H3,(H2,23,25,26,27). The van der Waals surface area contributed by atoms with Gasteiger partial charge in [-0.05, 0) is 39.8 Å². The van der Waals surface area contributed by atoms with Crippen LogP contribution in [0.5, 0.6) is 0 Å². The average Bonchev–Trinajstić information content (AvgIpc) is 2.73. The van der Waals surface area contributed by atoms with Crippen molar-refractivity contribution in [2.45, 2.75) is 57.2 Å². The van der Waals surface area contributed by atoms with Gasteiger partial charge < -0.3 is 10.6 Å². The zero-order valence-electron chi connectivity index (χ0n) is 19.6. The lowest BCUT2D eigenvalue weighted by Gasteiger charge is -2.30. The van der Waals surface area contributed by atoms with Gasteiger partial charge in [0.2, 0.25) is 11.9 Å². The third kappa shape index (κ3) is 5.55. The molecule has 3 aromatic rings. The van der Waals surface area contributed by atoms with E-state index in [2.05, 4.69) is 47.5 Å². The highest BCUT2D eigenvalue weighted by atomic mass is 32.2. The summed E-state index contributed by atoms with van der Waals surface area (Å²) in [5.41, 5.74) is 6.51. The van der Waals surface area contributed by atoms with Crippen LogP contribution in [0.3, 0.4) is 0 Å². The van der Waals surface area contributed by atoms with E-state index in [-0.39, 0.29) is 11.5 Å². The van der Waals surface area contributed by atoms with Gasteiger partial charge in [0.25, 0.3) is 5.56 Å². The molecule has 0 fully saturated rings. The smallest absolute Gasteiger partial charge is 0.262 e. The number of aromatic nitrogens is 5. The molecule has 2 N–H and O–H groups in total. The van der Waals surface area contributed by atoms with Crippen LogP contribution in [0.15, 0.2) is 34.2 Å². The number of nitrogens with zero attached hydrogens (tertiary/aromatic N) is 7. The van der Waals surface area contributed by atoms with Gasteiger partial charge in [-0.1, -0.05) is 23.9 Å². The molecule has 9 nitrogen and oxygen atoms in total. The van der Waals surface area contributed by atoms with Gasteiger partial charge in [-0.25, -0.2) is 4.98 Å². The quantitative estimate of drug-likeness (QED) is 0.384. The van der Waals surface area contributed by atoms with Crippen LogP contribution >= 0.6 is 11.8 Å². The summed E-state index contributed by atoms with van der Waals surface area (Å²) in [6, 6.07) is 8.22. The Kier molecular flexibility index (Phi) is 7.68. The lowest BCUT2D eigenvalue weighted by Crippen LogP contribution is -2.40. The number of fused-ring (bicyclic) bond motifs is 1. The van der Waals surface area contributed by atoms with Crippen molar-refractivity contribution in [3.8, 4) is 0 Å². The normalized spacial score (nSPS) is 11.8. The Bertz CT molecular complexity index is 1120. The van der Waals surface area contributed by atoms with E-state index in [1.165, 1.54) is 11.8 Å². The molecule has 0 saturated carbocycles. The van der Waals surface area contributed by atoms with Gasteiger partial charge in [-0.3, -0.25) is 14.3 Å². The summed E-state index contributed by atoms with van der Waals surface area (Å²) in [6.45, 7) is 9.99. The van der Waals surface area contributed by atoms with Crippen molar-refractivity contribution in [3.63, 3.8) is 0 Å². The minimum absolute atomic E-state index is 0.0327. The Morgan fingerprint density at radius 1 is 1.03 bits per heavy atom. The first-order chi connectivity index (χ1) is 15.2. The first-order valence-electron chi connectivity index (χ1n) is 10.7. The van der Waals surface area contributed by atoms with Crippen LogP contribution in [0, 0.1) is 0 Å². The van der Waals surface area contributed by atoms with E-state index in [0.29, 0.717) is 52.2 Å². The van der Waals surface area contributed by atoms with Crippen molar-refractivity contribution in [2.24, 2.45) is 0 Å². The number of rotatable bonds is 9. The Labute approximate surface area is 193 Å². The largest absolute Gasteiger partial charge is 0.368 e. The monoisotopic (exact) mass is 456 g/mol. The van der Waals surface area contributed by atoms with Gasteiger partial charge in [-0.2, -0.15) is 15.0 Å². The van der Waals surface area contributed by atoms with E-state index in [1.807, 2.05) is 38.4 Å². The van der Waals surface area contributed by atoms with Crippen molar-refractivity contribution in [1.29, 1.82) is 0 Å². The first-order valence-corrected chi connectivity index (χ1v) is 11.7. The molecule has 0 bridgehead atoms. The number of hydrogen-bond donors (Lipinski definition) is 1. The number of anilines is 2. The maximum absolute atomic E-state index is 13.3. The molecule has 0 unspecified atom stereocenters. The Hall–Kier alpha value is -2.72. The minimum Gasteiger partial charge on any atom is -0.368 e. The Morgan fingerprint density at radius 3 is 2.38 bits per heavy atom. The van der Waals surface area contributed by atoms with Crippen LogP contribution < -0.4 is 16.2 Å². The number of nitrogen functional groups attached to an aromatic ring is 1. The molecular weight excluding hydrogens is 424 g/mol. The molecule has 0 aliphatic carbocycles. The molecular formula is C22H32N8OS. The molecule has 0 spiro atoms. The second-order valence-corrected chi connectivity index (χ2v) is 9.33. The lowest BCUT2D eigenvalue weighted by atomic mass is 10.2. The highest BCUT2D eigenvalue weighted by Crippen LogP contribution is 2.22. The molecule has 1 aromatic carbocycles. The van der Waals surface area contributed by atoms with Crippen LogP contribution in [-0.2, 0) is 12.3 Å². The number of para-hydroxylation sites is 1. The SMILES string of the molecule is CC(C)N(CCn1c(SCc2nc(N)nc(N(C)C)n2)nc2ccccc2c1=O)C(C)C. The van der Waals surface area contributed by atoms with Crippen molar-refractivity contribution in [1.82, 2.24) is 29.4 Å². The molecule has 0 saturated heterocycles. The second kappa shape index (κ2) is 10.3. The number of hydrogen-bond acceptors (Lipinski definition) is 9.